The van der Waals surface area contributed by atoms with Crippen LogP contribution in [0.4, 0.5) is 4.79 Å². The Bertz CT molecular complexity index is 271. The summed E-state index contributed by atoms with van der Waals surface area (Å²) in [6.45, 7) is 5.64. The van der Waals surface area contributed by atoms with Crippen molar-refractivity contribution in [3.8, 4) is 0 Å². The minimum absolute atomic E-state index is 0.286. The van der Waals surface area contributed by atoms with Gasteiger partial charge in [0.25, 0.3) is 0 Å². The number of likely N-dealkylation sites (tertiary alicyclic amines) is 1. The standard InChI is InChI=1S/C13H25N3O2/c1-10(11-4-8-18-9-5-11)15-12-2-6-16(7-3-12)13(14)17/h10-12,15H,2-9H2,1H3,(H2,14,17). The second-order valence-electron chi connectivity index (χ2n) is 5.50. The molecule has 18 heavy (non-hydrogen) atoms. The third-order valence-electron chi connectivity index (χ3n) is 4.28. The van der Waals surface area contributed by atoms with Gasteiger partial charge in [0.1, 0.15) is 0 Å². The van der Waals surface area contributed by atoms with Crippen molar-refractivity contribution < 1.29 is 9.53 Å². The molecule has 0 aromatic carbocycles. The molecule has 2 aliphatic rings. The number of amides is 2. The van der Waals surface area contributed by atoms with E-state index < -0.39 is 0 Å². The van der Waals surface area contributed by atoms with Crippen LogP contribution in [-0.2, 0) is 4.74 Å². The Hall–Kier alpha value is -0.810. The summed E-state index contributed by atoms with van der Waals surface area (Å²) in [5.74, 6) is 0.730. The summed E-state index contributed by atoms with van der Waals surface area (Å²) in [5, 5.41) is 3.71. The van der Waals surface area contributed by atoms with Crippen molar-refractivity contribution in [3.05, 3.63) is 0 Å². The molecule has 0 aromatic heterocycles. The van der Waals surface area contributed by atoms with Crippen molar-refractivity contribution in [2.75, 3.05) is 26.3 Å². The van der Waals surface area contributed by atoms with E-state index in [2.05, 4.69) is 12.2 Å². The van der Waals surface area contributed by atoms with E-state index in [1.807, 2.05) is 0 Å². The molecule has 0 saturated carbocycles. The summed E-state index contributed by atoms with van der Waals surface area (Å²) in [7, 11) is 0. The van der Waals surface area contributed by atoms with E-state index in [1.54, 1.807) is 4.90 Å². The molecular weight excluding hydrogens is 230 g/mol. The van der Waals surface area contributed by atoms with Crippen molar-refractivity contribution >= 4 is 6.03 Å². The van der Waals surface area contributed by atoms with Gasteiger partial charge in [-0.25, -0.2) is 4.79 Å². The predicted octanol–water partition coefficient (Wildman–Crippen LogP) is 0.934. The number of hydrogen-bond donors (Lipinski definition) is 2. The van der Waals surface area contributed by atoms with Crippen LogP contribution in [0.25, 0.3) is 0 Å². The summed E-state index contributed by atoms with van der Waals surface area (Å²) >= 11 is 0. The molecule has 0 radical (unpaired) electrons. The highest BCUT2D eigenvalue weighted by atomic mass is 16.5. The number of urea groups is 1. The number of nitrogens with zero attached hydrogens (tertiary/aromatic N) is 1. The number of nitrogens with one attached hydrogen (secondary N) is 1. The van der Waals surface area contributed by atoms with Gasteiger partial charge in [-0.15, -0.1) is 0 Å². The SMILES string of the molecule is CC(NC1CCN(C(N)=O)CC1)C1CCOCC1. The molecule has 2 saturated heterocycles. The highest BCUT2D eigenvalue weighted by Gasteiger charge is 2.26. The molecule has 0 spiro atoms. The summed E-state index contributed by atoms with van der Waals surface area (Å²) in [4.78, 5) is 12.8. The summed E-state index contributed by atoms with van der Waals surface area (Å²) in [6.07, 6.45) is 4.34. The quantitative estimate of drug-likeness (QED) is 0.788. The van der Waals surface area contributed by atoms with Crippen LogP contribution in [-0.4, -0.2) is 49.3 Å². The summed E-state index contributed by atoms with van der Waals surface area (Å²) < 4.78 is 5.39. The highest BCUT2D eigenvalue weighted by molar-refractivity contribution is 5.72. The molecule has 2 fully saturated rings. The molecule has 5 heteroatoms. The number of ether oxygens (including phenoxy) is 1. The van der Waals surface area contributed by atoms with E-state index in [4.69, 9.17) is 10.5 Å². The molecule has 0 bridgehead atoms. The molecule has 2 rings (SSSR count). The van der Waals surface area contributed by atoms with Crippen LogP contribution in [0.3, 0.4) is 0 Å². The van der Waals surface area contributed by atoms with Crippen LogP contribution in [0, 0.1) is 5.92 Å². The van der Waals surface area contributed by atoms with Gasteiger partial charge in [-0.3, -0.25) is 0 Å². The predicted molar refractivity (Wildman–Crippen MR) is 70.3 cm³/mol. The minimum atomic E-state index is -0.286. The molecular formula is C13H25N3O2. The van der Waals surface area contributed by atoms with E-state index >= 15 is 0 Å². The minimum Gasteiger partial charge on any atom is -0.381 e. The summed E-state index contributed by atoms with van der Waals surface area (Å²) in [6, 6.07) is 0.781. The molecule has 1 atom stereocenters. The zero-order valence-corrected chi connectivity index (χ0v) is 11.2. The van der Waals surface area contributed by atoms with Gasteiger partial charge in [0.05, 0.1) is 0 Å². The fraction of sp³-hybridized carbons (Fsp3) is 0.923. The van der Waals surface area contributed by atoms with Gasteiger partial charge in [0.15, 0.2) is 0 Å². The third-order valence-corrected chi connectivity index (χ3v) is 4.28. The molecule has 1 unspecified atom stereocenters. The number of primary amides is 1. The van der Waals surface area contributed by atoms with Gasteiger partial charge in [-0.05, 0) is 38.5 Å². The Morgan fingerprint density at radius 1 is 1.28 bits per heavy atom. The zero-order chi connectivity index (χ0) is 13.0. The number of piperidine rings is 1. The fourth-order valence-electron chi connectivity index (χ4n) is 2.99. The third kappa shape index (κ3) is 3.59. The van der Waals surface area contributed by atoms with Crippen LogP contribution in [0.5, 0.6) is 0 Å². The Balaban J connectivity index is 1.71. The lowest BCUT2D eigenvalue weighted by atomic mass is 9.91. The van der Waals surface area contributed by atoms with E-state index in [1.165, 1.54) is 0 Å². The van der Waals surface area contributed by atoms with E-state index in [9.17, 15) is 4.79 Å². The smallest absolute Gasteiger partial charge is 0.314 e. The van der Waals surface area contributed by atoms with Gasteiger partial charge < -0.3 is 20.7 Å². The maximum absolute atomic E-state index is 11.0. The highest BCUT2D eigenvalue weighted by Crippen LogP contribution is 2.20. The normalized spacial score (nSPS) is 25.1. The molecule has 0 aliphatic carbocycles. The van der Waals surface area contributed by atoms with Gasteiger partial charge in [-0.2, -0.15) is 0 Å². The number of carbonyl (C=O) groups excluding carboxylic acids is 1. The van der Waals surface area contributed by atoms with Gasteiger partial charge in [0, 0.05) is 38.4 Å². The lowest BCUT2D eigenvalue weighted by molar-refractivity contribution is 0.0530. The van der Waals surface area contributed by atoms with Crippen LogP contribution in [0.2, 0.25) is 0 Å². The van der Waals surface area contributed by atoms with Crippen molar-refractivity contribution in [3.63, 3.8) is 0 Å². The maximum atomic E-state index is 11.0. The molecule has 2 heterocycles. The number of hydrogen-bond acceptors (Lipinski definition) is 3. The summed E-state index contributed by atoms with van der Waals surface area (Å²) in [5.41, 5.74) is 5.28. The van der Waals surface area contributed by atoms with Crippen LogP contribution in [0.15, 0.2) is 0 Å². The second-order valence-corrected chi connectivity index (χ2v) is 5.50. The number of nitrogens with two attached hydrogens (primary N) is 1. The maximum Gasteiger partial charge on any atom is 0.314 e. The van der Waals surface area contributed by atoms with Crippen LogP contribution in [0.1, 0.15) is 32.6 Å². The van der Waals surface area contributed by atoms with Gasteiger partial charge in [0.2, 0.25) is 0 Å². The largest absolute Gasteiger partial charge is 0.381 e. The average molecular weight is 255 g/mol. The first-order valence-electron chi connectivity index (χ1n) is 7.05. The molecule has 3 N–H and O–H groups in total. The van der Waals surface area contributed by atoms with Gasteiger partial charge in [-0.1, -0.05) is 0 Å². The lowest BCUT2D eigenvalue weighted by Gasteiger charge is -2.36. The van der Waals surface area contributed by atoms with Crippen molar-refractivity contribution in [2.45, 2.75) is 44.7 Å². The second kappa shape index (κ2) is 6.38. The Morgan fingerprint density at radius 3 is 2.44 bits per heavy atom. The first kappa shape index (κ1) is 13.6. The topological polar surface area (TPSA) is 67.6 Å². The van der Waals surface area contributed by atoms with Crippen LogP contribution < -0.4 is 11.1 Å². The monoisotopic (exact) mass is 255 g/mol. The van der Waals surface area contributed by atoms with Crippen molar-refractivity contribution in [2.24, 2.45) is 11.7 Å². The first-order valence-corrected chi connectivity index (χ1v) is 7.05. The number of rotatable bonds is 3. The average Bonchev–Trinajstić information content (AvgIpc) is 2.40. The zero-order valence-electron chi connectivity index (χ0n) is 11.2. The number of carbonyl (C=O) groups is 1. The molecule has 2 amide bonds. The molecule has 104 valence electrons. The molecule has 5 nitrogen and oxygen atoms in total. The van der Waals surface area contributed by atoms with E-state index in [0.29, 0.717) is 12.1 Å². The van der Waals surface area contributed by atoms with E-state index in [-0.39, 0.29) is 6.03 Å². The van der Waals surface area contributed by atoms with Crippen molar-refractivity contribution in [1.82, 2.24) is 10.2 Å². The van der Waals surface area contributed by atoms with Crippen molar-refractivity contribution in [1.29, 1.82) is 0 Å². The Morgan fingerprint density at radius 2 is 1.89 bits per heavy atom. The lowest BCUT2D eigenvalue weighted by Crippen LogP contribution is -2.50. The first-order chi connectivity index (χ1) is 8.66. The molecule has 0 aromatic rings. The Kier molecular flexibility index (Phi) is 4.83. The fourth-order valence-corrected chi connectivity index (χ4v) is 2.99. The van der Waals surface area contributed by atoms with Gasteiger partial charge >= 0.3 is 6.03 Å². The Labute approximate surface area is 109 Å². The van der Waals surface area contributed by atoms with Crippen LogP contribution >= 0.6 is 0 Å². The molecule has 2 aliphatic heterocycles. The van der Waals surface area contributed by atoms with E-state index in [0.717, 1.165) is 57.9 Å².